The lowest BCUT2D eigenvalue weighted by Gasteiger charge is -2.09. The summed E-state index contributed by atoms with van der Waals surface area (Å²) in [6.45, 7) is 0.413. The van der Waals surface area contributed by atoms with Crippen molar-refractivity contribution in [3.8, 4) is 5.75 Å². The van der Waals surface area contributed by atoms with Gasteiger partial charge in [0.1, 0.15) is 12.4 Å². The molecule has 0 aliphatic rings. The van der Waals surface area contributed by atoms with Gasteiger partial charge in [-0.05, 0) is 41.3 Å². The second-order valence-corrected chi connectivity index (χ2v) is 8.74. The quantitative estimate of drug-likeness (QED) is 0.204. The number of hydrogen-bond acceptors (Lipinski definition) is 4. The molecule has 0 spiro atoms. The molecule has 4 aromatic rings. The summed E-state index contributed by atoms with van der Waals surface area (Å²) in [4.78, 5) is 24.5. The molecule has 35 heavy (non-hydrogen) atoms. The molecule has 2 N–H and O–H groups in total. The average molecular weight is 530 g/mol. The maximum Gasteiger partial charge on any atom is 0.240 e. The summed E-state index contributed by atoms with van der Waals surface area (Å²) in [6.07, 6.45) is 1.61. The zero-order valence-corrected chi connectivity index (χ0v) is 20.5. The molecular formula is C28H24BrN3O3. The predicted molar refractivity (Wildman–Crippen MR) is 142 cm³/mol. The molecule has 0 atom stereocenters. The third kappa shape index (κ3) is 7.01. The Kier molecular flexibility index (Phi) is 8.25. The van der Waals surface area contributed by atoms with Gasteiger partial charge in [-0.2, -0.15) is 5.10 Å². The number of nitrogens with zero attached hydrogens (tertiary/aromatic N) is 1. The molecule has 0 aliphatic carbocycles. The van der Waals surface area contributed by atoms with E-state index in [9.17, 15) is 9.59 Å². The van der Waals surface area contributed by atoms with Crippen LogP contribution in [0, 0.1) is 0 Å². The highest BCUT2D eigenvalue weighted by Gasteiger charge is 2.09. The Labute approximate surface area is 212 Å². The summed E-state index contributed by atoms with van der Waals surface area (Å²) in [5.74, 6) is 0.0811. The van der Waals surface area contributed by atoms with Crippen molar-refractivity contribution < 1.29 is 14.3 Å². The first-order valence-corrected chi connectivity index (χ1v) is 11.9. The van der Waals surface area contributed by atoms with Gasteiger partial charge in [0.25, 0.3) is 0 Å². The van der Waals surface area contributed by atoms with Gasteiger partial charge in [-0.15, -0.1) is 0 Å². The van der Waals surface area contributed by atoms with Gasteiger partial charge in [0.15, 0.2) is 0 Å². The molecule has 4 aromatic carbocycles. The highest BCUT2D eigenvalue weighted by atomic mass is 79.9. The lowest BCUT2D eigenvalue weighted by Crippen LogP contribution is -2.20. The lowest BCUT2D eigenvalue weighted by atomic mass is 10.1. The minimum Gasteiger partial charge on any atom is -0.488 e. The van der Waals surface area contributed by atoms with E-state index in [1.54, 1.807) is 0 Å². The molecule has 0 fully saturated rings. The third-order valence-electron chi connectivity index (χ3n) is 5.26. The number of hydrogen-bond donors (Lipinski definition) is 2. The number of fused-ring (bicyclic) bond motifs is 1. The van der Waals surface area contributed by atoms with Gasteiger partial charge in [0, 0.05) is 34.0 Å². The average Bonchev–Trinajstić information content (AvgIpc) is 2.88. The lowest BCUT2D eigenvalue weighted by molar-refractivity contribution is -0.124. The van der Waals surface area contributed by atoms with Crippen LogP contribution in [0.3, 0.4) is 0 Å². The molecule has 0 aromatic heterocycles. The predicted octanol–water partition coefficient (Wildman–Crippen LogP) is 6.05. The smallest absolute Gasteiger partial charge is 0.240 e. The van der Waals surface area contributed by atoms with Gasteiger partial charge < -0.3 is 10.1 Å². The number of carbonyl (C=O) groups is 2. The van der Waals surface area contributed by atoms with Crippen molar-refractivity contribution in [3.63, 3.8) is 0 Å². The molecule has 0 heterocycles. The Bertz CT molecular complexity index is 1350. The Morgan fingerprint density at radius 2 is 1.54 bits per heavy atom. The first-order valence-electron chi connectivity index (χ1n) is 11.1. The maximum atomic E-state index is 12.4. The van der Waals surface area contributed by atoms with Crippen molar-refractivity contribution in [3.05, 3.63) is 107 Å². The van der Waals surface area contributed by atoms with E-state index >= 15 is 0 Å². The Morgan fingerprint density at radius 3 is 2.40 bits per heavy atom. The number of para-hydroxylation sites is 1. The van der Waals surface area contributed by atoms with Crippen LogP contribution in [-0.4, -0.2) is 18.0 Å². The largest absolute Gasteiger partial charge is 0.488 e. The molecule has 0 bridgehead atoms. The van der Waals surface area contributed by atoms with E-state index in [-0.39, 0.29) is 24.7 Å². The molecule has 176 valence electrons. The van der Waals surface area contributed by atoms with E-state index in [0.717, 1.165) is 32.1 Å². The number of benzene rings is 4. The van der Waals surface area contributed by atoms with Crippen LogP contribution in [0.5, 0.6) is 5.75 Å². The number of halogens is 1. The van der Waals surface area contributed by atoms with E-state index in [1.807, 2.05) is 91.0 Å². The van der Waals surface area contributed by atoms with Gasteiger partial charge in [-0.25, -0.2) is 5.43 Å². The van der Waals surface area contributed by atoms with Crippen LogP contribution in [0.2, 0.25) is 0 Å². The first kappa shape index (κ1) is 24.2. The number of amides is 2. The summed E-state index contributed by atoms with van der Waals surface area (Å²) in [6, 6.07) is 28.9. The third-order valence-corrected chi connectivity index (χ3v) is 5.79. The van der Waals surface area contributed by atoms with Gasteiger partial charge in [0.05, 0.1) is 6.21 Å². The zero-order chi connectivity index (χ0) is 24.5. The van der Waals surface area contributed by atoms with Crippen LogP contribution in [0.15, 0.2) is 101 Å². The minimum absolute atomic E-state index is 0.0235. The molecule has 0 saturated carbocycles. The van der Waals surface area contributed by atoms with Crippen LogP contribution in [0.25, 0.3) is 10.8 Å². The van der Waals surface area contributed by atoms with Crippen LogP contribution in [0.4, 0.5) is 5.69 Å². The highest BCUT2D eigenvalue weighted by Crippen LogP contribution is 2.23. The van der Waals surface area contributed by atoms with E-state index < -0.39 is 0 Å². The fourth-order valence-electron chi connectivity index (χ4n) is 3.46. The van der Waals surface area contributed by atoms with E-state index in [1.165, 1.54) is 6.21 Å². The van der Waals surface area contributed by atoms with Gasteiger partial charge in [0.2, 0.25) is 11.8 Å². The highest BCUT2D eigenvalue weighted by molar-refractivity contribution is 9.10. The summed E-state index contributed by atoms with van der Waals surface area (Å²) in [7, 11) is 0. The number of nitrogens with one attached hydrogen (secondary N) is 2. The summed E-state index contributed by atoms with van der Waals surface area (Å²) < 4.78 is 6.92. The second kappa shape index (κ2) is 11.9. The molecule has 0 unspecified atom stereocenters. The fourth-order valence-corrected chi connectivity index (χ4v) is 3.73. The standard InChI is InChI=1S/C28H24BrN3O3/c29-23-14-12-20(13-15-23)19-35-26-11-4-2-7-22(26)18-30-32-28(34)17-16-27(33)31-25-10-5-8-21-6-1-3-9-24(21)25/h1-15,18H,16-17,19H2,(H,31,33)(H,32,34). The van der Waals surface area contributed by atoms with Crippen molar-refractivity contribution >= 4 is 50.4 Å². The molecule has 0 saturated heterocycles. The molecule has 4 rings (SSSR count). The van der Waals surface area contributed by atoms with E-state index in [0.29, 0.717) is 12.4 Å². The van der Waals surface area contributed by atoms with Crippen LogP contribution in [0.1, 0.15) is 24.0 Å². The van der Waals surface area contributed by atoms with Crippen molar-refractivity contribution in [2.24, 2.45) is 5.10 Å². The Balaban J connectivity index is 1.26. The van der Waals surface area contributed by atoms with Crippen LogP contribution in [-0.2, 0) is 16.2 Å². The van der Waals surface area contributed by atoms with Gasteiger partial charge >= 0.3 is 0 Å². The van der Waals surface area contributed by atoms with Gasteiger partial charge in [-0.1, -0.05) is 76.6 Å². The van der Waals surface area contributed by atoms with Crippen molar-refractivity contribution in [2.45, 2.75) is 19.4 Å². The number of anilines is 1. The molecule has 6 nitrogen and oxygen atoms in total. The SMILES string of the molecule is O=C(CCC(=O)Nc1cccc2ccccc12)NN=Cc1ccccc1OCc1ccc(Br)cc1. The van der Waals surface area contributed by atoms with E-state index in [2.05, 4.69) is 31.8 Å². The maximum absolute atomic E-state index is 12.4. The summed E-state index contributed by atoms with van der Waals surface area (Å²) >= 11 is 3.42. The number of ether oxygens (including phenoxy) is 1. The molecular weight excluding hydrogens is 506 g/mol. The minimum atomic E-state index is -0.345. The van der Waals surface area contributed by atoms with Crippen molar-refractivity contribution in [2.75, 3.05) is 5.32 Å². The summed E-state index contributed by atoms with van der Waals surface area (Å²) in [5, 5.41) is 8.91. The Morgan fingerprint density at radius 1 is 0.829 bits per heavy atom. The fraction of sp³-hybridized carbons (Fsp3) is 0.107. The van der Waals surface area contributed by atoms with E-state index in [4.69, 9.17) is 4.74 Å². The summed E-state index contributed by atoms with van der Waals surface area (Å²) in [5.41, 5.74) is 4.98. The molecule has 2 amide bonds. The second-order valence-electron chi connectivity index (χ2n) is 7.82. The first-order chi connectivity index (χ1) is 17.1. The molecule has 0 radical (unpaired) electrons. The zero-order valence-electron chi connectivity index (χ0n) is 18.9. The van der Waals surface area contributed by atoms with Gasteiger partial charge in [-0.3, -0.25) is 9.59 Å². The normalized spacial score (nSPS) is 10.9. The number of carbonyl (C=O) groups excluding carboxylic acids is 2. The van der Waals surface area contributed by atoms with Crippen molar-refractivity contribution in [1.82, 2.24) is 5.43 Å². The Hall–Kier alpha value is -3.97. The van der Waals surface area contributed by atoms with Crippen LogP contribution >= 0.6 is 15.9 Å². The number of hydrazone groups is 1. The van der Waals surface area contributed by atoms with Crippen LogP contribution < -0.4 is 15.5 Å². The van der Waals surface area contributed by atoms with Crippen molar-refractivity contribution in [1.29, 1.82) is 0 Å². The number of rotatable bonds is 9. The molecule has 0 aliphatic heterocycles. The topological polar surface area (TPSA) is 79.8 Å². The molecule has 7 heteroatoms. The monoisotopic (exact) mass is 529 g/mol.